The molecule has 2 rings (SSSR count). The molecule has 2 N–H and O–H groups in total. The Morgan fingerprint density at radius 1 is 1.50 bits per heavy atom. The lowest BCUT2D eigenvalue weighted by atomic mass is 9.94. The standard InChI is InChI=1S/C16H25ClN2O/c1-11-6-7-19(10-16(11)20-3)15-9-14(17)5-4-13(15)8-12(2)18/h4-5,9,11-12,16H,6-8,10,18H2,1-3H3. The summed E-state index contributed by atoms with van der Waals surface area (Å²) in [5.41, 5.74) is 8.44. The number of methoxy groups -OCH3 is 1. The first kappa shape index (κ1) is 15.6. The fourth-order valence-corrected chi connectivity index (χ4v) is 3.08. The number of nitrogens with two attached hydrogens (primary N) is 1. The third-order valence-electron chi connectivity index (χ3n) is 4.12. The Bertz CT molecular complexity index is 450. The van der Waals surface area contributed by atoms with E-state index in [0.717, 1.165) is 31.0 Å². The molecule has 3 nitrogen and oxygen atoms in total. The third kappa shape index (κ3) is 3.66. The molecule has 1 aliphatic heterocycles. The number of anilines is 1. The van der Waals surface area contributed by atoms with E-state index < -0.39 is 0 Å². The number of piperidine rings is 1. The molecule has 0 aromatic heterocycles. The van der Waals surface area contributed by atoms with Gasteiger partial charge in [0.1, 0.15) is 0 Å². The number of benzene rings is 1. The average Bonchev–Trinajstić information content (AvgIpc) is 2.41. The number of hydrogen-bond acceptors (Lipinski definition) is 3. The van der Waals surface area contributed by atoms with Crippen LogP contribution in [-0.2, 0) is 11.2 Å². The zero-order chi connectivity index (χ0) is 14.7. The van der Waals surface area contributed by atoms with Crippen LogP contribution in [-0.4, -0.2) is 32.3 Å². The van der Waals surface area contributed by atoms with Crippen LogP contribution in [0.5, 0.6) is 0 Å². The molecule has 1 heterocycles. The van der Waals surface area contributed by atoms with Crippen LogP contribution in [0.2, 0.25) is 5.02 Å². The van der Waals surface area contributed by atoms with Crippen molar-refractivity contribution in [1.82, 2.24) is 0 Å². The van der Waals surface area contributed by atoms with Gasteiger partial charge in [-0.3, -0.25) is 0 Å². The fourth-order valence-electron chi connectivity index (χ4n) is 2.91. The Balaban J connectivity index is 2.24. The van der Waals surface area contributed by atoms with Crippen LogP contribution in [0.25, 0.3) is 0 Å². The smallest absolute Gasteiger partial charge is 0.0772 e. The molecule has 3 unspecified atom stereocenters. The zero-order valence-corrected chi connectivity index (χ0v) is 13.4. The van der Waals surface area contributed by atoms with Crippen molar-refractivity contribution in [3.63, 3.8) is 0 Å². The van der Waals surface area contributed by atoms with Gasteiger partial charge in [0.2, 0.25) is 0 Å². The molecule has 1 aliphatic rings. The second-order valence-corrected chi connectivity index (χ2v) is 6.38. The summed E-state index contributed by atoms with van der Waals surface area (Å²) in [6.07, 6.45) is 2.30. The van der Waals surface area contributed by atoms with E-state index in [1.54, 1.807) is 7.11 Å². The predicted octanol–water partition coefficient (Wildman–Crippen LogP) is 3.09. The Labute approximate surface area is 127 Å². The average molecular weight is 297 g/mol. The van der Waals surface area contributed by atoms with Crippen LogP contribution in [0.1, 0.15) is 25.8 Å². The molecule has 0 amide bonds. The molecule has 1 aromatic rings. The zero-order valence-electron chi connectivity index (χ0n) is 12.6. The number of halogens is 1. The second kappa shape index (κ2) is 6.79. The molecule has 0 saturated carbocycles. The van der Waals surface area contributed by atoms with Crippen molar-refractivity contribution in [2.24, 2.45) is 11.7 Å². The van der Waals surface area contributed by atoms with Gasteiger partial charge in [-0.15, -0.1) is 0 Å². The van der Waals surface area contributed by atoms with Gasteiger partial charge in [-0.05, 0) is 43.4 Å². The molecule has 0 bridgehead atoms. The van der Waals surface area contributed by atoms with E-state index in [1.165, 1.54) is 11.3 Å². The highest BCUT2D eigenvalue weighted by Gasteiger charge is 2.27. The number of rotatable bonds is 4. The number of nitrogens with zero attached hydrogens (tertiary/aromatic N) is 1. The van der Waals surface area contributed by atoms with Crippen molar-refractivity contribution in [2.75, 3.05) is 25.1 Å². The maximum absolute atomic E-state index is 6.18. The van der Waals surface area contributed by atoms with E-state index in [0.29, 0.717) is 5.92 Å². The van der Waals surface area contributed by atoms with E-state index in [-0.39, 0.29) is 12.1 Å². The topological polar surface area (TPSA) is 38.5 Å². The minimum absolute atomic E-state index is 0.150. The Hall–Kier alpha value is -0.770. The Kier molecular flexibility index (Phi) is 5.30. The molecule has 0 spiro atoms. The molecule has 0 aliphatic carbocycles. The van der Waals surface area contributed by atoms with E-state index in [2.05, 4.69) is 24.0 Å². The second-order valence-electron chi connectivity index (χ2n) is 5.94. The highest BCUT2D eigenvalue weighted by atomic mass is 35.5. The van der Waals surface area contributed by atoms with Crippen LogP contribution < -0.4 is 10.6 Å². The summed E-state index contributed by atoms with van der Waals surface area (Å²) in [5.74, 6) is 0.604. The van der Waals surface area contributed by atoms with Gasteiger partial charge in [0.05, 0.1) is 6.10 Å². The van der Waals surface area contributed by atoms with Gasteiger partial charge in [0, 0.05) is 37.0 Å². The van der Waals surface area contributed by atoms with Crippen molar-refractivity contribution in [3.8, 4) is 0 Å². The summed E-state index contributed by atoms with van der Waals surface area (Å²) < 4.78 is 5.61. The largest absolute Gasteiger partial charge is 0.379 e. The van der Waals surface area contributed by atoms with Crippen molar-refractivity contribution in [2.45, 2.75) is 38.8 Å². The Morgan fingerprint density at radius 3 is 2.90 bits per heavy atom. The van der Waals surface area contributed by atoms with Crippen LogP contribution in [0.4, 0.5) is 5.69 Å². The summed E-state index contributed by atoms with van der Waals surface area (Å²) in [4.78, 5) is 2.39. The van der Waals surface area contributed by atoms with Gasteiger partial charge in [-0.1, -0.05) is 24.6 Å². The maximum atomic E-state index is 6.18. The summed E-state index contributed by atoms with van der Waals surface area (Å²) in [7, 11) is 1.80. The van der Waals surface area contributed by atoms with Crippen LogP contribution >= 0.6 is 11.6 Å². The molecular weight excluding hydrogens is 272 g/mol. The normalized spacial score (nSPS) is 24.8. The number of ether oxygens (including phenoxy) is 1. The van der Waals surface area contributed by atoms with Gasteiger partial charge in [-0.2, -0.15) is 0 Å². The highest BCUT2D eigenvalue weighted by Crippen LogP contribution is 2.30. The van der Waals surface area contributed by atoms with Crippen LogP contribution in [0, 0.1) is 5.92 Å². The lowest BCUT2D eigenvalue weighted by Gasteiger charge is -2.38. The Morgan fingerprint density at radius 2 is 2.25 bits per heavy atom. The van der Waals surface area contributed by atoms with Gasteiger partial charge in [0.25, 0.3) is 0 Å². The first-order valence-corrected chi connectivity index (χ1v) is 7.70. The van der Waals surface area contributed by atoms with E-state index in [1.807, 2.05) is 13.0 Å². The van der Waals surface area contributed by atoms with E-state index in [4.69, 9.17) is 22.1 Å². The lowest BCUT2D eigenvalue weighted by molar-refractivity contribution is 0.0498. The van der Waals surface area contributed by atoms with Crippen molar-refractivity contribution in [3.05, 3.63) is 28.8 Å². The molecule has 1 saturated heterocycles. The van der Waals surface area contributed by atoms with Crippen molar-refractivity contribution in [1.29, 1.82) is 0 Å². The summed E-state index contributed by atoms with van der Waals surface area (Å²) in [5, 5.41) is 0.779. The fraction of sp³-hybridized carbons (Fsp3) is 0.625. The van der Waals surface area contributed by atoms with Gasteiger partial charge < -0.3 is 15.4 Å². The van der Waals surface area contributed by atoms with Crippen molar-refractivity contribution >= 4 is 17.3 Å². The monoisotopic (exact) mass is 296 g/mol. The summed E-state index contributed by atoms with van der Waals surface area (Å²) in [6, 6.07) is 6.25. The maximum Gasteiger partial charge on any atom is 0.0772 e. The molecule has 112 valence electrons. The molecule has 1 fully saturated rings. The minimum Gasteiger partial charge on any atom is -0.379 e. The highest BCUT2D eigenvalue weighted by molar-refractivity contribution is 6.30. The van der Waals surface area contributed by atoms with Gasteiger partial charge >= 0.3 is 0 Å². The quantitative estimate of drug-likeness (QED) is 0.928. The minimum atomic E-state index is 0.150. The number of hydrogen-bond donors (Lipinski definition) is 1. The predicted molar refractivity (Wildman–Crippen MR) is 85.6 cm³/mol. The molecule has 0 radical (unpaired) electrons. The van der Waals surface area contributed by atoms with Gasteiger partial charge in [0.15, 0.2) is 0 Å². The summed E-state index contributed by atoms with van der Waals surface area (Å²) >= 11 is 6.18. The van der Waals surface area contributed by atoms with Gasteiger partial charge in [-0.25, -0.2) is 0 Å². The van der Waals surface area contributed by atoms with Crippen molar-refractivity contribution < 1.29 is 4.74 Å². The molecule has 20 heavy (non-hydrogen) atoms. The summed E-state index contributed by atoms with van der Waals surface area (Å²) in [6.45, 7) is 6.26. The first-order chi connectivity index (χ1) is 9.51. The van der Waals surface area contributed by atoms with E-state index in [9.17, 15) is 0 Å². The van der Waals surface area contributed by atoms with E-state index >= 15 is 0 Å². The first-order valence-electron chi connectivity index (χ1n) is 7.33. The van der Waals surface area contributed by atoms with Crippen LogP contribution in [0.3, 0.4) is 0 Å². The molecule has 4 heteroatoms. The van der Waals surface area contributed by atoms with Crippen LogP contribution in [0.15, 0.2) is 18.2 Å². The SMILES string of the molecule is COC1CN(c2cc(Cl)ccc2CC(C)N)CCC1C. The molecular formula is C16H25ClN2O. The lowest BCUT2D eigenvalue weighted by Crippen LogP contribution is -2.44. The molecule has 1 aromatic carbocycles. The molecule has 3 atom stereocenters. The third-order valence-corrected chi connectivity index (χ3v) is 4.36.